The van der Waals surface area contributed by atoms with Gasteiger partial charge in [-0.2, -0.15) is 0 Å². The summed E-state index contributed by atoms with van der Waals surface area (Å²) in [7, 11) is 0. The first-order chi connectivity index (χ1) is 15.2. The van der Waals surface area contributed by atoms with E-state index in [1.807, 2.05) is 0 Å². The zero-order valence-electron chi connectivity index (χ0n) is 17.4. The van der Waals surface area contributed by atoms with Crippen molar-refractivity contribution in [2.24, 2.45) is 0 Å². The predicted molar refractivity (Wildman–Crippen MR) is 184 cm³/mol. The van der Waals surface area contributed by atoms with E-state index in [1.54, 1.807) is 0 Å². The van der Waals surface area contributed by atoms with Gasteiger partial charge >= 0.3 is 247 Å². The van der Waals surface area contributed by atoms with Gasteiger partial charge in [-0.1, -0.05) is 0 Å². The van der Waals surface area contributed by atoms with Crippen molar-refractivity contribution >= 4 is 113 Å². The fourth-order valence-corrected chi connectivity index (χ4v) is 27.0. The molecule has 0 bridgehead atoms. The van der Waals surface area contributed by atoms with Crippen LogP contribution in [0.1, 0.15) is 0 Å². The first kappa shape index (κ1) is 25.7. The summed E-state index contributed by atoms with van der Waals surface area (Å²) in [6, 6.07) is 44.8. The van der Waals surface area contributed by atoms with E-state index in [0.717, 1.165) is 12.3 Å². The van der Waals surface area contributed by atoms with Crippen LogP contribution in [0.3, 0.4) is 0 Å². The summed E-state index contributed by atoms with van der Waals surface area (Å²) in [5.41, 5.74) is 0. The second-order valence-corrected chi connectivity index (χ2v) is 51.8. The van der Waals surface area contributed by atoms with Gasteiger partial charge in [0.1, 0.15) is 0 Å². The van der Waals surface area contributed by atoms with Crippen LogP contribution in [-0.4, -0.2) is 12.3 Å². The standard InChI is InChI=1S/C26H24I4P2/c27-31(28,23-13-5-1-6-14-23,24-15-7-2-8-16-24)21-22-32(29,30,25-17-9-3-10-18-25)26-19-11-4-12-20-26/h1-20H,21-22H2. The Hall–Kier alpha value is 0.660. The Kier molecular flexibility index (Phi) is 8.01. The van der Waals surface area contributed by atoms with Gasteiger partial charge in [-0.25, -0.2) is 0 Å². The Morgan fingerprint density at radius 2 is 0.531 bits per heavy atom. The van der Waals surface area contributed by atoms with Gasteiger partial charge < -0.3 is 0 Å². The van der Waals surface area contributed by atoms with E-state index >= 15 is 0 Å². The minimum absolute atomic E-state index is 1.15. The zero-order chi connectivity index (χ0) is 22.8. The monoisotopic (exact) mass is 906 g/mol. The zero-order valence-corrected chi connectivity index (χ0v) is 27.8. The number of hydrogen-bond acceptors (Lipinski definition) is 0. The molecular weight excluding hydrogens is 882 g/mol. The molecule has 6 heteroatoms. The third-order valence-corrected chi connectivity index (χ3v) is 32.7. The van der Waals surface area contributed by atoms with E-state index in [0.29, 0.717) is 0 Å². The molecule has 0 fully saturated rings. The van der Waals surface area contributed by atoms with E-state index in [2.05, 4.69) is 209 Å². The molecule has 0 spiro atoms. The summed E-state index contributed by atoms with van der Waals surface area (Å²) in [5.74, 6) is 0. The Bertz CT molecular complexity index is 998. The topological polar surface area (TPSA) is 0 Å². The molecule has 0 aromatic heterocycles. The van der Waals surface area contributed by atoms with Gasteiger partial charge in [0.05, 0.1) is 0 Å². The summed E-state index contributed by atoms with van der Waals surface area (Å²) in [6.07, 6.45) is 2.29. The summed E-state index contributed by atoms with van der Waals surface area (Å²) < 4.78 is -4.93. The van der Waals surface area contributed by atoms with Crippen LogP contribution in [0.4, 0.5) is 0 Å². The summed E-state index contributed by atoms with van der Waals surface area (Å²) in [4.78, 5) is 0. The molecule has 32 heavy (non-hydrogen) atoms. The van der Waals surface area contributed by atoms with Crippen LogP contribution in [0.5, 0.6) is 0 Å². The average Bonchev–Trinajstić information content (AvgIpc) is 2.86. The van der Waals surface area contributed by atoms with Crippen molar-refractivity contribution in [3.63, 3.8) is 0 Å². The molecular formula is C26H24I4P2. The number of hydrogen-bond donors (Lipinski definition) is 0. The summed E-state index contributed by atoms with van der Waals surface area (Å²) in [6.45, 7) is 0. The quantitative estimate of drug-likeness (QED) is 0.129. The van der Waals surface area contributed by atoms with Crippen LogP contribution in [0.25, 0.3) is 0 Å². The Labute approximate surface area is 243 Å². The van der Waals surface area contributed by atoms with Crippen molar-refractivity contribution in [3.05, 3.63) is 121 Å². The summed E-state index contributed by atoms with van der Waals surface area (Å²) in [5, 5.41) is 5.88. The van der Waals surface area contributed by atoms with E-state index < -0.39 is 3.78 Å². The number of benzene rings is 4. The molecule has 0 unspecified atom stereocenters. The van der Waals surface area contributed by atoms with Gasteiger partial charge in [0.25, 0.3) is 0 Å². The number of halogens is 4. The van der Waals surface area contributed by atoms with Gasteiger partial charge in [0.2, 0.25) is 0 Å². The van der Waals surface area contributed by atoms with Crippen molar-refractivity contribution < 1.29 is 0 Å². The van der Waals surface area contributed by atoms with Crippen molar-refractivity contribution in [2.75, 3.05) is 12.3 Å². The van der Waals surface area contributed by atoms with E-state index in [-0.39, 0.29) is 0 Å². The maximum atomic E-state index is 2.86. The Morgan fingerprint density at radius 1 is 0.344 bits per heavy atom. The van der Waals surface area contributed by atoms with E-state index in [9.17, 15) is 0 Å². The first-order valence-electron chi connectivity index (χ1n) is 10.3. The van der Waals surface area contributed by atoms with Gasteiger partial charge in [-0.15, -0.1) is 0 Å². The second-order valence-electron chi connectivity index (χ2n) is 7.93. The molecule has 166 valence electrons. The fourth-order valence-electron chi connectivity index (χ4n) is 4.05. The third kappa shape index (κ3) is 4.97. The van der Waals surface area contributed by atoms with Gasteiger partial charge in [0, 0.05) is 0 Å². The molecule has 0 aliphatic carbocycles. The minimum atomic E-state index is -2.47. The molecule has 0 atom stereocenters. The molecule has 0 aliphatic rings. The van der Waals surface area contributed by atoms with Crippen molar-refractivity contribution in [1.82, 2.24) is 0 Å². The van der Waals surface area contributed by atoms with Crippen LogP contribution in [-0.2, 0) is 0 Å². The first-order valence-corrected chi connectivity index (χ1v) is 26.3. The number of rotatable bonds is 7. The molecule has 0 heterocycles. The molecule has 0 aliphatic heterocycles. The van der Waals surface area contributed by atoms with Crippen molar-refractivity contribution in [3.8, 4) is 0 Å². The molecule has 0 radical (unpaired) electrons. The average molecular weight is 906 g/mol. The van der Waals surface area contributed by atoms with Gasteiger partial charge in [-0.3, -0.25) is 0 Å². The molecule has 4 aromatic carbocycles. The van der Waals surface area contributed by atoms with Crippen molar-refractivity contribution in [2.45, 2.75) is 0 Å². The van der Waals surface area contributed by atoms with Crippen LogP contribution in [0.2, 0.25) is 0 Å². The van der Waals surface area contributed by atoms with Crippen LogP contribution >= 0.6 is 91.9 Å². The molecule has 0 N–H and O–H groups in total. The van der Waals surface area contributed by atoms with E-state index in [1.165, 1.54) is 21.2 Å². The molecule has 0 saturated heterocycles. The van der Waals surface area contributed by atoms with E-state index in [4.69, 9.17) is 0 Å². The fraction of sp³-hybridized carbons (Fsp3) is 0.0769. The second kappa shape index (κ2) is 9.96. The summed E-state index contributed by atoms with van der Waals surface area (Å²) >= 11 is 11.4. The van der Waals surface area contributed by atoms with Crippen LogP contribution in [0, 0.1) is 0 Å². The normalized spacial score (nSPS) is 14.6. The molecule has 0 nitrogen and oxygen atoms in total. The molecule has 0 amide bonds. The maximum absolute atomic E-state index is 2.86. The molecule has 0 saturated carbocycles. The Balaban J connectivity index is 1.88. The van der Waals surface area contributed by atoms with Gasteiger partial charge in [0.15, 0.2) is 0 Å². The molecule has 4 rings (SSSR count). The van der Waals surface area contributed by atoms with Crippen LogP contribution in [0.15, 0.2) is 121 Å². The van der Waals surface area contributed by atoms with Crippen molar-refractivity contribution in [1.29, 1.82) is 0 Å². The molecule has 4 aromatic rings. The van der Waals surface area contributed by atoms with Gasteiger partial charge in [-0.05, 0) is 0 Å². The predicted octanol–water partition coefficient (Wildman–Crippen LogP) is 8.80. The third-order valence-electron chi connectivity index (χ3n) is 5.94. The Morgan fingerprint density at radius 3 is 0.719 bits per heavy atom. The van der Waals surface area contributed by atoms with Crippen LogP contribution < -0.4 is 21.2 Å². The SMILES string of the molecule is IP(I)(CCP(I)(I)(c1ccccc1)c1ccccc1)(c1ccccc1)c1ccccc1.